The van der Waals surface area contributed by atoms with E-state index in [1.807, 2.05) is 25.6 Å². The molecular formula is C15H12Cl2N6S. The predicted molar refractivity (Wildman–Crippen MR) is 95.8 cm³/mol. The zero-order chi connectivity index (χ0) is 17.0. The van der Waals surface area contributed by atoms with Crippen LogP contribution < -0.4 is 0 Å². The van der Waals surface area contributed by atoms with Crippen LogP contribution in [0.4, 0.5) is 0 Å². The van der Waals surface area contributed by atoms with Gasteiger partial charge in [-0.05, 0) is 32.0 Å². The van der Waals surface area contributed by atoms with Crippen molar-refractivity contribution in [2.24, 2.45) is 7.05 Å². The first-order chi connectivity index (χ1) is 11.5. The number of nitrogens with zero attached hydrogens (tertiary/aromatic N) is 6. The third-order valence-electron chi connectivity index (χ3n) is 3.88. The average molecular weight is 379 g/mol. The summed E-state index contributed by atoms with van der Waals surface area (Å²) in [7, 11) is 1.92. The normalized spacial score (nSPS) is 11.5. The van der Waals surface area contributed by atoms with Crippen molar-refractivity contribution in [3.05, 3.63) is 39.6 Å². The van der Waals surface area contributed by atoms with Gasteiger partial charge in [-0.25, -0.2) is 0 Å². The Labute approximate surface area is 151 Å². The second-order valence-corrected chi connectivity index (χ2v) is 7.22. The van der Waals surface area contributed by atoms with Gasteiger partial charge in [-0.15, -0.1) is 10.2 Å². The number of fused-ring (bicyclic) bond motifs is 1. The minimum Gasteiger partial charge on any atom is -0.272 e. The van der Waals surface area contributed by atoms with E-state index in [1.54, 1.807) is 22.7 Å². The third kappa shape index (κ3) is 2.31. The van der Waals surface area contributed by atoms with Crippen LogP contribution in [0, 0.1) is 13.8 Å². The van der Waals surface area contributed by atoms with Crippen molar-refractivity contribution in [3.63, 3.8) is 0 Å². The largest absolute Gasteiger partial charge is 0.272 e. The Hall–Kier alpha value is -1.96. The van der Waals surface area contributed by atoms with Crippen molar-refractivity contribution < 1.29 is 0 Å². The van der Waals surface area contributed by atoms with Crippen LogP contribution in [0.3, 0.4) is 0 Å². The third-order valence-corrected chi connectivity index (χ3v) is 5.36. The molecule has 0 aliphatic carbocycles. The topological polar surface area (TPSA) is 60.9 Å². The summed E-state index contributed by atoms with van der Waals surface area (Å²) < 4.78 is 3.55. The number of rotatable bonds is 2. The van der Waals surface area contributed by atoms with Crippen LogP contribution in [-0.4, -0.2) is 29.6 Å². The molecule has 0 bridgehead atoms. The molecule has 0 spiro atoms. The lowest BCUT2D eigenvalue weighted by Gasteiger charge is -2.01. The second-order valence-electron chi connectivity index (χ2n) is 5.42. The summed E-state index contributed by atoms with van der Waals surface area (Å²) in [5.74, 6) is 0.569. The Balaban J connectivity index is 1.92. The fraction of sp³-hybridized carbons (Fsp3) is 0.200. The van der Waals surface area contributed by atoms with Crippen molar-refractivity contribution in [1.29, 1.82) is 0 Å². The quantitative estimate of drug-likeness (QED) is 0.524. The Bertz CT molecular complexity index is 1080. The van der Waals surface area contributed by atoms with Crippen molar-refractivity contribution in [1.82, 2.24) is 29.6 Å². The highest BCUT2D eigenvalue weighted by Crippen LogP contribution is 2.34. The van der Waals surface area contributed by atoms with Gasteiger partial charge >= 0.3 is 0 Å². The smallest absolute Gasteiger partial charge is 0.235 e. The molecule has 6 nitrogen and oxygen atoms in total. The van der Waals surface area contributed by atoms with Crippen LogP contribution in [0.2, 0.25) is 10.0 Å². The van der Waals surface area contributed by atoms with Gasteiger partial charge in [-0.3, -0.25) is 4.68 Å². The Morgan fingerprint density at radius 3 is 2.58 bits per heavy atom. The maximum atomic E-state index is 6.29. The molecule has 0 aliphatic heterocycles. The summed E-state index contributed by atoms with van der Waals surface area (Å²) >= 11 is 13.8. The van der Waals surface area contributed by atoms with Gasteiger partial charge in [0.1, 0.15) is 0 Å². The molecule has 122 valence electrons. The summed E-state index contributed by atoms with van der Waals surface area (Å²) in [6.45, 7) is 3.99. The van der Waals surface area contributed by atoms with Crippen molar-refractivity contribution >= 4 is 39.5 Å². The van der Waals surface area contributed by atoms with Crippen LogP contribution in [0.1, 0.15) is 11.4 Å². The summed E-state index contributed by atoms with van der Waals surface area (Å²) in [4.78, 5) is 0.693. The second kappa shape index (κ2) is 5.54. The zero-order valence-electron chi connectivity index (χ0n) is 13.1. The Morgan fingerprint density at radius 1 is 1.08 bits per heavy atom. The number of halogens is 2. The molecular weight excluding hydrogens is 367 g/mol. The fourth-order valence-corrected chi connectivity index (χ4v) is 4.00. The van der Waals surface area contributed by atoms with E-state index in [0.29, 0.717) is 26.4 Å². The van der Waals surface area contributed by atoms with Gasteiger partial charge in [-0.1, -0.05) is 34.5 Å². The van der Waals surface area contributed by atoms with Gasteiger partial charge in [0.25, 0.3) is 0 Å². The summed E-state index contributed by atoms with van der Waals surface area (Å²) in [5, 5.41) is 19.5. The molecule has 0 saturated carbocycles. The summed E-state index contributed by atoms with van der Waals surface area (Å²) in [6.07, 6.45) is 0. The number of aromatic nitrogens is 6. The zero-order valence-corrected chi connectivity index (χ0v) is 15.4. The van der Waals surface area contributed by atoms with Gasteiger partial charge in [-0.2, -0.15) is 14.7 Å². The Kier molecular flexibility index (Phi) is 3.59. The maximum absolute atomic E-state index is 6.29. The van der Waals surface area contributed by atoms with Gasteiger partial charge in [0.05, 0.1) is 16.3 Å². The van der Waals surface area contributed by atoms with E-state index in [1.165, 1.54) is 11.3 Å². The minimum absolute atomic E-state index is 0.553. The van der Waals surface area contributed by atoms with Crippen molar-refractivity contribution in [3.8, 4) is 22.0 Å². The average Bonchev–Trinajstić information content (AvgIpc) is 3.16. The van der Waals surface area contributed by atoms with Gasteiger partial charge in [0.15, 0.2) is 10.8 Å². The van der Waals surface area contributed by atoms with Crippen molar-refractivity contribution in [2.75, 3.05) is 0 Å². The molecule has 4 rings (SSSR count). The standard InChI is InChI=1S/C15H12Cl2N6S/c1-7-12(8(2)22(3)20-7)14-21-23-13(18-19-15(23)24-14)10-6-9(16)4-5-11(10)17/h4-6H,1-3H3. The SMILES string of the molecule is Cc1nn(C)c(C)c1-c1nn2c(-c3cc(Cl)ccc3Cl)nnc2s1. The summed E-state index contributed by atoms with van der Waals surface area (Å²) in [6, 6.07) is 5.24. The van der Waals surface area contributed by atoms with Crippen LogP contribution in [0.25, 0.3) is 26.9 Å². The van der Waals surface area contributed by atoms with E-state index >= 15 is 0 Å². The molecule has 24 heavy (non-hydrogen) atoms. The summed E-state index contributed by atoms with van der Waals surface area (Å²) in [5.41, 5.74) is 3.71. The van der Waals surface area contributed by atoms with E-state index in [0.717, 1.165) is 22.0 Å². The minimum atomic E-state index is 0.553. The highest BCUT2D eigenvalue weighted by Gasteiger charge is 2.20. The predicted octanol–water partition coefficient (Wildman–Crippen LogP) is 4.18. The molecule has 3 aromatic heterocycles. The monoisotopic (exact) mass is 378 g/mol. The molecule has 0 radical (unpaired) electrons. The molecule has 0 N–H and O–H groups in total. The first-order valence-corrected chi connectivity index (χ1v) is 8.71. The van der Waals surface area contributed by atoms with Gasteiger partial charge in [0, 0.05) is 23.3 Å². The molecule has 4 aromatic rings. The van der Waals surface area contributed by atoms with Crippen LogP contribution in [0.5, 0.6) is 0 Å². The van der Waals surface area contributed by atoms with E-state index in [4.69, 9.17) is 23.2 Å². The van der Waals surface area contributed by atoms with E-state index in [2.05, 4.69) is 20.4 Å². The van der Waals surface area contributed by atoms with Gasteiger partial charge in [0.2, 0.25) is 4.96 Å². The van der Waals surface area contributed by atoms with E-state index in [9.17, 15) is 0 Å². The van der Waals surface area contributed by atoms with Crippen molar-refractivity contribution in [2.45, 2.75) is 13.8 Å². The Morgan fingerprint density at radius 2 is 1.88 bits per heavy atom. The van der Waals surface area contributed by atoms with Gasteiger partial charge < -0.3 is 0 Å². The molecule has 0 amide bonds. The maximum Gasteiger partial charge on any atom is 0.235 e. The lowest BCUT2D eigenvalue weighted by atomic mass is 10.2. The molecule has 0 unspecified atom stereocenters. The molecule has 0 saturated heterocycles. The molecule has 1 aromatic carbocycles. The molecule has 0 fully saturated rings. The number of aryl methyl sites for hydroxylation is 2. The molecule has 0 atom stereocenters. The lowest BCUT2D eigenvalue weighted by Crippen LogP contribution is -1.94. The first-order valence-electron chi connectivity index (χ1n) is 7.14. The van der Waals surface area contributed by atoms with Crippen LogP contribution in [-0.2, 0) is 7.05 Å². The number of hydrogen-bond donors (Lipinski definition) is 0. The number of benzene rings is 1. The lowest BCUT2D eigenvalue weighted by molar-refractivity contribution is 0.731. The molecule has 0 aliphatic rings. The number of hydrogen-bond acceptors (Lipinski definition) is 5. The fourth-order valence-electron chi connectivity index (χ4n) is 2.64. The van der Waals surface area contributed by atoms with Crippen LogP contribution >= 0.6 is 34.5 Å². The first kappa shape index (κ1) is 15.6. The molecule has 9 heteroatoms. The van der Waals surface area contributed by atoms with E-state index < -0.39 is 0 Å². The van der Waals surface area contributed by atoms with Crippen LogP contribution in [0.15, 0.2) is 18.2 Å². The highest BCUT2D eigenvalue weighted by molar-refractivity contribution is 7.19. The highest BCUT2D eigenvalue weighted by atomic mass is 35.5. The van der Waals surface area contributed by atoms with E-state index in [-0.39, 0.29) is 0 Å². The molecule has 3 heterocycles.